The summed E-state index contributed by atoms with van der Waals surface area (Å²) in [5.41, 5.74) is 1.89. The van der Waals surface area contributed by atoms with E-state index in [1.807, 2.05) is 30.3 Å². The molecule has 1 saturated carbocycles. The van der Waals surface area contributed by atoms with Gasteiger partial charge in [0.1, 0.15) is 11.8 Å². The second-order valence-electron chi connectivity index (χ2n) is 10.8. The van der Waals surface area contributed by atoms with Crippen LogP contribution in [-0.2, 0) is 4.79 Å². The highest BCUT2D eigenvalue weighted by molar-refractivity contribution is 5.99. The summed E-state index contributed by atoms with van der Waals surface area (Å²) in [6, 6.07) is 15.2. The van der Waals surface area contributed by atoms with E-state index in [4.69, 9.17) is 0 Å². The van der Waals surface area contributed by atoms with Gasteiger partial charge in [0.05, 0.1) is 0 Å². The Morgan fingerprint density at radius 2 is 1.89 bits per heavy atom. The van der Waals surface area contributed by atoms with Crippen molar-refractivity contribution in [3.8, 4) is 16.9 Å². The number of carbonyl (C=O) groups excluding carboxylic acids is 2. The Bertz CT molecular complexity index is 1050. The van der Waals surface area contributed by atoms with Gasteiger partial charge in [-0.2, -0.15) is 0 Å². The van der Waals surface area contributed by atoms with Crippen molar-refractivity contribution in [3.05, 3.63) is 54.1 Å². The smallest absolute Gasteiger partial charge is 0.251 e. The van der Waals surface area contributed by atoms with Gasteiger partial charge < -0.3 is 20.2 Å². The Hall–Kier alpha value is -2.86. The molecule has 0 radical (unpaired) electrons. The lowest BCUT2D eigenvalue weighted by Crippen LogP contribution is -2.51. The molecule has 36 heavy (non-hydrogen) atoms. The normalized spacial score (nSPS) is 24.5. The van der Waals surface area contributed by atoms with Crippen molar-refractivity contribution in [3.63, 3.8) is 0 Å². The number of hydrogen-bond donors (Lipinski definition) is 2. The summed E-state index contributed by atoms with van der Waals surface area (Å²) >= 11 is 0. The number of benzene rings is 2. The summed E-state index contributed by atoms with van der Waals surface area (Å²) in [6.07, 6.45) is 6.14. The lowest BCUT2D eigenvalue weighted by molar-refractivity contribution is -0.133. The molecule has 4 rings (SSSR count). The molecule has 2 fully saturated rings. The molecule has 6 nitrogen and oxygen atoms in total. The highest BCUT2D eigenvalue weighted by Crippen LogP contribution is 2.36. The largest absolute Gasteiger partial charge is 0.507 e. The van der Waals surface area contributed by atoms with E-state index in [0.717, 1.165) is 37.7 Å². The first kappa shape index (κ1) is 26.2. The van der Waals surface area contributed by atoms with Crippen molar-refractivity contribution in [1.82, 2.24) is 15.1 Å². The molecule has 6 heteroatoms. The monoisotopic (exact) mass is 491 g/mol. The van der Waals surface area contributed by atoms with Crippen LogP contribution in [0, 0.1) is 5.92 Å². The van der Waals surface area contributed by atoms with Gasteiger partial charge in [-0.1, -0.05) is 43.7 Å². The maximum absolute atomic E-state index is 13.4. The zero-order chi connectivity index (χ0) is 25.8. The predicted octanol–water partition coefficient (Wildman–Crippen LogP) is 5.07. The first-order chi connectivity index (χ1) is 17.3. The van der Waals surface area contributed by atoms with Crippen LogP contribution in [-0.4, -0.2) is 64.5 Å². The highest BCUT2D eigenvalue weighted by atomic mass is 16.3. The van der Waals surface area contributed by atoms with Gasteiger partial charge in [-0.25, -0.2) is 0 Å². The topological polar surface area (TPSA) is 72.9 Å². The van der Waals surface area contributed by atoms with Crippen LogP contribution < -0.4 is 5.32 Å². The molecule has 1 saturated heterocycles. The Morgan fingerprint density at radius 3 is 2.58 bits per heavy atom. The van der Waals surface area contributed by atoms with Crippen LogP contribution in [0.2, 0.25) is 0 Å². The van der Waals surface area contributed by atoms with Gasteiger partial charge in [-0.15, -0.1) is 0 Å². The van der Waals surface area contributed by atoms with Crippen LogP contribution in [0.25, 0.3) is 11.1 Å². The van der Waals surface area contributed by atoms with Crippen LogP contribution in [0.1, 0.15) is 69.7 Å². The number of hydrogen-bond acceptors (Lipinski definition) is 4. The van der Waals surface area contributed by atoms with E-state index in [9.17, 15) is 14.7 Å². The van der Waals surface area contributed by atoms with Crippen molar-refractivity contribution < 1.29 is 14.7 Å². The molecule has 2 amide bonds. The van der Waals surface area contributed by atoms with Crippen molar-refractivity contribution in [2.75, 3.05) is 13.6 Å². The van der Waals surface area contributed by atoms with Crippen LogP contribution in [0.15, 0.2) is 48.5 Å². The minimum atomic E-state index is -0.496. The molecule has 1 aliphatic carbocycles. The molecule has 1 aliphatic heterocycles. The van der Waals surface area contributed by atoms with Crippen molar-refractivity contribution in [2.45, 2.75) is 83.5 Å². The molecule has 0 spiro atoms. The van der Waals surface area contributed by atoms with E-state index >= 15 is 0 Å². The summed E-state index contributed by atoms with van der Waals surface area (Å²) in [5.74, 6) is 0.396. The summed E-state index contributed by atoms with van der Waals surface area (Å²) in [7, 11) is 2.22. The Kier molecular flexibility index (Phi) is 8.35. The fourth-order valence-electron chi connectivity index (χ4n) is 6.04. The van der Waals surface area contributed by atoms with Crippen molar-refractivity contribution >= 4 is 11.8 Å². The van der Waals surface area contributed by atoms with Gasteiger partial charge in [0, 0.05) is 35.8 Å². The lowest BCUT2D eigenvalue weighted by atomic mass is 9.77. The summed E-state index contributed by atoms with van der Waals surface area (Å²) in [4.78, 5) is 31.1. The highest BCUT2D eigenvalue weighted by Gasteiger charge is 2.42. The molecule has 194 valence electrons. The minimum Gasteiger partial charge on any atom is -0.507 e. The number of nitrogens with one attached hydrogen (secondary N) is 1. The molecule has 0 unspecified atom stereocenters. The van der Waals surface area contributed by atoms with E-state index in [1.54, 1.807) is 18.2 Å². The van der Waals surface area contributed by atoms with E-state index in [-0.39, 0.29) is 23.6 Å². The maximum atomic E-state index is 13.4. The summed E-state index contributed by atoms with van der Waals surface area (Å²) in [5, 5.41) is 13.3. The predicted molar refractivity (Wildman–Crippen MR) is 144 cm³/mol. The SMILES string of the molecule is CCC[C@@H]1C[C@H](N(C)C(C)C)CC[C@@H]1N1CC[C@H](NC(=O)c2ccc(O)c(-c3ccccc3)c2)C1=O. The second-order valence-corrected chi connectivity index (χ2v) is 10.8. The number of phenolic OH excluding ortho intramolecular Hbond substituents is 1. The van der Waals surface area contributed by atoms with E-state index in [1.165, 1.54) is 0 Å². The molecule has 1 heterocycles. The minimum absolute atomic E-state index is 0.0483. The van der Waals surface area contributed by atoms with Gasteiger partial charge in [0.25, 0.3) is 5.91 Å². The van der Waals surface area contributed by atoms with Gasteiger partial charge in [0.15, 0.2) is 0 Å². The molecule has 4 atom stereocenters. The van der Waals surface area contributed by atoms with E-state index in [2.05, 4.69) is 42.9 Å². The van der Waals surface area contributed by atoms with Gasteiger partial charge in [-0.3, -0.25) is 9.59 Å². The van der Waals surface area contributed by atoms with Gasteiger partial charge in [-0.05, 0) is 82.7 Å². The fourth-order valence-corrected chi connectivity index (χ4v) is 6.04. The third kappa shape index (κ3) is 5.59. The molecule has 0 bridgehead atoms. The molecule has 2 N–H and O–H groups in total. The third-order valence-electron chi connectivity index (χ3n) is 8.25. The number of carbonyl (C=O) groups is 2. The third-order valence-corrected chi connectivity index (χ3v) is 8.25. The molecule has 0 aromatic heterocycles. The first-order valence-corrected chi connectivity index (χ1v) is 13.5. The Morgan fingerprint density at radius 1 is 1.14 bits per heavy atom. The number of aromatic hydroxyl groups is 1. The number of nitrogens with zero attached hydrogens (tertiary/aromatic N) is 2. The van der Waals surface area contributed by atoms with Crippen LogP contribution in [0.5, 0.6) is 5.75 Å². The number of phenols is 1. The average Bonchev–Trinajstić information content (AvgIpc) is 3.23. The molecule has 2 aromatic rings. The number of likely N-dealkylation sites (tertiary alicyclic amines) is 1. The fraction of sp³-hybridized carbons (Fsp3) is 0.533. The first-order valence-electron chi connectivity index (χ1n) is 13.5. The van der Waals surface area contributed by atoms with E-state index < -0.39 is 6.04 Å². The Labute approximate surface area is 215 Å². The molecule has 2 aromatic carbocycles. The number of rotatable bonds is 8. The molecular weight excluding hydrogens is 450 g/mol. The molecule has 2 aliphatic rings. The average molecular weight is 492 g/mol. The lowest BCUT2D eigenvalue weighted by Gasteiger charge is -2.44. The second kappa shape index (κ2) is 11.5. The van der Waals surface area contributed by atoms with Gasteiger partial charge in [0.2, 0.25) is 5.91 Å². The van der Waals surface area contributed by atoms with Gasteiger partial charge >= 0.3 is 0 Å². The zero-order valence-electron chi connectivity index (χ0n) is 22.1. The van der Waals surface area contributed by atoms with Crippen molar-refractivity contribution in [1.29, 1.82) is 0 Å². The van der Waals surface area contributed by atoms with Crippen LogP contribution in [0.3, 0.4) is 0 Å². The standard InChI is InChI=1S/C30H41N3O3/c1-5-9-22-18-24(32(4)20(2)3)13-14-27(22)33-17-16-26(30(33)36)31-29(35)23-12-15-28(34)25(19-23)21-10-7-6-8-11-21/h6-8,10-12,15,19-20,22,24,26-27,34H,5,9,13-14,16-18H2,1-4H3,(H,31,35)/t22-,24-,26+,27+/m1/s1. The van der Waals surface area contributed by atoms with E-state index in [0.29, 0.717) is 42.1 Å². The summed E-state index contributed by atoms with van der Waals surface area (Å²) < 4.78 is 0. The Balaban J connectivity index is 1.43. The zero-order valence-corrected chi connectivity index (χ0v) is 22.1. The number of amides is 2. The van der Waals surface area contributed by atoms with Crippen molar-refractivity contribution in [2.24, 2.45) is 5.92 Å². The van der Waals surface area contributed by atoms with Crippen LogP contribution in [0.4, 0.5) is 0 Å². The molecular formula is C30H41N3O3. The summed E-state index contributed by atoms with van der Waals surface area (Å²) in [6.45, 7) is 7.41. The quantitative estimate of drug-likeness (QED) is 0.541. The maximum Gasteiger partial charge on any atom is 0.251 e. The van der Waals surface area contributed by atoms with Crippen LogP contribution >= 0.6 is 0 Å².